The van der Waals surface area contributed by atoms with Gasteiger partial charge in [-0.3, -0.25) is 9.10 Å². The fourth-order valence-corrected chi connectivity index (χ4v) is 4.35. The lowest BCUT2D eigenvalue weighted by Crippen LogP contribution is -2.31. The van der Waals surface area contributed by atoms with Crippen molar-refractivity contribution in [2.24, 2.45) is 0 Å². The van der Waals surface area contributed by atoms with Gasteiger partial charge >= 0.3 is 0 Å². The van der Waals surface area contributed by atoms with Crippen LogP contribution in [-0.2, 0) is 16.4 Å². The first kappa shape index (κ1) is 19.2. The van der Waals surface area contributed by atoms with Crippen molar-refractivity contribution in [3.63, 3.8) is 0 Å². The quantitative estimate of drug-likeness (QED) is 0.776. The Morgan fingerprint density at radius 2 is 1.93 bits per heavy atom. The lowest BCUT2D eigenvalue weighted by atomic mass is 9.87. The summed E-state index contributed by atoms with van der Waals surface area (Å²) in [5.41, 5.74) is 3.49. The lowest BCUT2D eigenvalue weighted by molar-refractivity contribution is 0.0933. The molecule has 1 amide bonds. The first-order valence-corrected chi connectivity index (χ1v) is 10.8. The van der Waals surface area contributed by atoms with E-state index in [4.69, 9.17) is 0 Å². The zero-order valence-corrected chi connectivity index (χ0v) is 16.2. The third kappa shape index (κ3) is 4.39. The number of fused-ring (bicyclic) bond motifs is 1. The van der Waals surface area contributed by atoms with E-state index in [0.717, 1.165) is 25.5 Å². The molecule has 2 aromatic carbocycles. The van der Waals surface area contributed by atoms with Crippen LogP contribution in [0.5, 0.6) is 0 Å². The highest BCUT2D eigenvalue weighted by atomic mass is 32.2. The van der Waals surface area contributed by atoms with E-state index in [0.29, 0.717) is 11.3 Å². The highest BCUT2D eigenvalue weighted by Gasteiger charge is 2.22. The second-order valence-corrected chi connectivity index (χ2v) is 8.65. The number of hydrogen-bond acceptors (Lipinski definition) is 3. The van der Waals surface area contributed by atoms with Crippen LogP contribution < -0.4 is 9.62 Å². The fourth-order valence-electron chi connectivity index (χ4n) is 3.47. The number of amides is 1. The summed E-state index contributed by atoms with van der Waals surface area (Å²) >= 11 is 0. The monoisotopic (exact) mass is 384 g/mol. The van der Waals surface area contributed by atoms with Crippen molar-refractivity contribution >= 4 is 21.6 Å². The molecule has 0 radical (unpaired) electrons. The zero-order chi connectivity index (χ0) is 19.4. The van der Waals surface area contributed by atoms with Gasteiger partial charge in [-0.2, -0.15) is 0 Å². The van der Waals surface area contributed by atoms with Gasteiger partial charge in [-0.25, -0.2) is 8.42 Å². The fraction of sp³-hybridized carbons (Fsp3) is 0.286. The van der Waals surface area contributed by atoms with Gasteiger partial charge in [0.1, 0.15) is 0 Å². The molecule has 1 aliphatic rings. The van der Waals surface area contributed by atoms with Gasteiger partial charge in [-0.1, -0.05) is 30.3 Å². The number of aryl methyl sites for hydroxylation is 1. The van der Waals surface area contributed by atoms with Gasteiger partial charge in [-0.15, -0.1) is 6.58 Å². The van der Waals surface area contributed by atoms with Gasteiger partial charge < -0.3 is 5.32 Å². The van der Waals surface area contributed by atoms with E-state index < -0.39 is 10.0 Å². The summed E-state index contributed by atoms with van der Waals surface area (Å²) in [6, 6.07) is 14.8. The van der Waals surface area contributed by atoms with Crippen LogP contribution in [0.2, 0.25) is 0 Å². The molecular weight excluding hydrogens is 360 g/mol. The summed E-state index contributed by atoms with van der Waals surface area (Å²) < 4.78 is 25.1. The molecule has 6 heteroatoms. The van der Waals surface area contributed by atoms with Gasteiger partial charge in [0.25, 0.3) is 5.91 Å². The van der Waals surface area contributed by atoms with E-state index in [1.807, 2.05) is 12.1 Å². The van der Waals surface area contributed by atoms with E-state index in [2.05, 4.69) is 24.0 Å². The van der Waals surface area contributed by atoms with Gasteiger partial charge in [0, 0.05) is 5.56 Å². The van der Waals surface area contributed by atoms with Crippen LogP contribution in [0, 0.1) is 0 Å². The molecule has 0 aromatic heterocycles. The standard InChI is InChI=1S/C21H24N2O3S/c1-3-15-23(27(2,25)26)18-13-11-17(12-14-18)21(24)22-20-10-6-8-16-7-4-5-9-19(16)20/h3-5,7,9,11-14,20H,1,6,8,10,15H2,2H3,(H,22,24)/t20-/m0/s1. The van der Waals surface area contributed by atoms with Gasteiger partial charge in [0.15, 0.2) is 0 Å². The van der Waals surface area contributed by atoms with Crippen molar-refractivity contribution in [1.82, 2.24) is 5.32 Å². The second kappa shape index (κ2) is 7.96. The van der Waals surface area contributed by atoms with Crippen LogP contribution in [0.3, 0.4) is 0 Å². The summed E-state index contributed by atoms with van der Waals surface area (Å²) in [7, 11) is -3.41. The third-order valence-electron chi connectivity index (χ3n) is 4.79. The Labute approximate surface area is 160 Å². The Bertz CT molecular complexity index is 936. The first-order valence-electron chi connectivity index (χ1n) is 8.97. The van der Waals surface area contributed by atoms with Crippen molar-refractivity contribution in [2.75, 3.05) is 17.1 Å². The van der Waals surface area contributed by atoms with E-state index in [1.54, 1.807) is 24.3 Å². The average Bonchev–Trinajstić information content (AvgIpc) is 2.65. The number of hydrogen-bond donors (Lipinski definition) is 1. The van der Waals surface area contributed by atoms with Crippen molar-refractivity contribution in [1.29, 1.82) is 0 Å². The molecule has 3 rings (SSSR count). The molecule has 1 aliphatic carbocycles. The summed E-state index contributed by atoms with van der Waals surface area (Å²) in [5.74, 6) is -0.155. The minimum atomic E-state index is -3.41. The smallest absolute Gasteiger partial charge is 0.251 e. The molecule has 0 spiro atoms. The number of carbonyl (C=O) groups is 1. The van der Waals surface area contributed by atoms with Gasteiger partial charge in [0.2, 0.25) is 10.0 Å². The van der Waals surface area contributed by atoms with Crippen LogP contribution in [0.4, 0.5) is 5.69 Å². The molecule has 0 unspecified atom stereocenters. The summed E-state index contributed by atoms with van der Waals surface area (Å²) in [6.07, 6.45) is 5.69. The topological polar surface area (TPSA) is 66.5 Å². The second-order valence-electron chi connectivity index (χ2n) is 6.75. The molecular formula is C21H24N2O3S. The van der Waals surface area contributed by atoms with Crippen molar-refractivity contribution < 1.29 is 13.2 Å². The number of rotatable bonds is 6. The molecule has 142 valence electrons. The van der Waals surface area contributed by atoms with E-state index in [1.165, 1.54) is 21.5 Å². The van der Waals surface area contributed by atoms with E-state index in [9.17, 15) is 13.2 Å². The number of nitrogens with one attached hydrogen (secondary N) is 1. The van der Waals surface area contributed by atoms with Gasteiger partial charge in [-0.05, 0) is 54.7 Å². The van der Waals surface area contributed by atoms with Crippen LogP contribution >= 0.6 is 0 Å². The minimum Gasteiger partial charge on any atom is -0.345 e. The number of anilines is 1. The predicted octanol–water partition coefficient (Wildman–Crippen LogP) is 3.45. The maximum Gasteiger partial charge on any atom is 0.251 e. The molecule has 0 fully saturated rings. The molecule has 1 N–H and O–H groups in total. The highest BCUT2D eigenvalue weighted by Crippen LogP contribution is 2.29. The van der Waals surface area contributed by atoms with Crippen LogP contribution in [0.1, 0.15) is 40.4 Å². The van der Waals surface area contributed by atoms with Crippen LogP contribution in [-0.4, -0.2) is 27.1 Å². The molecule has 27 heavy (non-hydrogen) atoms. The lowest BCUT2D eigenvalue weighted by Gasteiger charge is -2.26. The summed E-state index contributed by atoms with van der Waals surface area (Å²) in [4.78, 5) is 12.7. The SMILES string of the molecule is C=CCN(c1ccc(C(=O)N[C@H]2CCCc3ccccc32)cc1)S(C)(=O)=O. The number of carbonyl (C=O) groups excluding carboxylic acids is 1. The van der Waals surface area contributed by atoms with Gasteiger partial charge in [0.05, 0.1) is 24.5 Å². The Hall–Kier alpha value is -2.60. The molecule has 0 heterocycles. The largest absolute Gasteiger partial charge is 0.345 e. The first-order chi connectivity index (χ1) is 12.9. The van der Waals surface area contributed by atoms with Crippen molar-refractivity contribution in [3.05, 3.63) is 77.9 Å². The van der Waals surface area contributed by atoms with Crippen LogP contribution in [0.25, 0.3) is 0 Å². The molecule has 0 aliphatic heterocycles. The molecule has 0 saturated carbocycles. The van der Waals surface area contributed by atoms with Crippen LogP contribution in [0.15, 0.2) is 61.2 Å². The molecule has 2 aromatic rings. The molecule has 0 saturated heterocycles. The highest BCUT2D eigenvalue weighted by molar-refractivity contribution is 7.92. The molecule has 5 nitrogen and oxygen atoms in total. The Kier molecular flexibility index (Phi) is 5.65. The number of benzene rings is 2. The zero-order valence-electron chi connectivity index (χ0n) is 15.4. The van der Waals surface area contributed by atoms with Crippen molar-refractivity contribution in [3.8, 4) is 0 Å². The average molecular weight is 385 g/mol. The predicted molar refractivity (Wildman–Crippen MR) is 108 cm³/mol. The minimum absolute atomic E-state index is 0.00964. The third-order valence-corrected chi connectivity index (χ3v) is 5.95. The van der Waals surface area contributed by atoms with E-state index in [-0.39, 0.29) is 18.5 Å². The number of sulfonamides is 1. The molecule has 0 bridgehead atoms. The summed E-state index contributed by atoms with van der Waals surface area (Å²) in [6.45, 7) is 3.78. The Balaban J connectivity index is 1.76. The maximum atomic E-state index is 12.7. The summed E-state index contributed by atoms with van der Waals surface area (Å²) in [5, 5.41) is 3.11. The number of nitrogens with zero attached hydrogens (tertiary/aromatic N) is 1. The van der Waals surface area contributed by atoms with Crippen molar-refractivity contribution in [2.45, 2.75) is 25.3 Å². The Morgan fingerprint density at radius 1 is 1.22 bits per heavy atom. The van der Waals surface area contributed by atoms with E-state index >= 15 is 0 Å². The molecule has 1 atom stereocenters. The Morgan fingerprint density at radius 3 is 2.59 bits per heavy atom. The maximum absolute atomic E-state index is 12.7. The normalized spacial score (nSPS) is 16.3.